The van der Waals surface area contributed by atoms with Gasteiger partial charge in [-0.15, -0.1) is 0 Å². The summed E-state index contributed by atoms with van der Waals surface area (Å²) < 4.78 is 0.805. The number of nitrogens with one attached hydrogen (secondary N) is 2. The van der Waals surface area contributed by atoms with Gasteiger partial charge in [0.2, 0.25) is 5.91 Å². The van der Waals surface area contributed by atoms with Crippen molar-refractivity contribution in [2.75, 3.05) is 10.6 Å². The Morgan fingerprint density at radius 3 is 2.37 bits per heavy atom. The molecule has 0 fully saturated rings. The van der Waals surface area contributed by atoms with Crippen molar-refractivity contribution >= 4 is 56.6 Å². The summed E-state index contributed by atoms with van der Waals surface area (Å²) in [4.78, 5) is 40.9. The van der Waals surface area contributed by atoms with E-state index in [1.54, 1.807) is 66.9 Å². The molecule has 3 aromatic rings. The van der Waals surface area contributed by atoms with Crippen molar-refractivity contribution in [2.24, 2.45) is 0 Å². The van der Waals surface area contributed by atoms with Gasteiger partial charge in [-0.3, -0.25) is 14.4 Å². The number of amides is 2. The first-order valence-electron chi connectivity index (χ1n) is 9.02. The van der Waals surface area contributed by atoms with Gasteiger partial charge < -0.3 is 10.6 Å². The van der Waals surface area contributed by atoms with Gasteiger partial charge in [-0.1, -0.05) is 17.7 Å². The number of anilines is 2. The van der Waals surface area contributed by atoms with Gasteiger partial charge in [-0.05, 0) is 70.5 Å². The minimum atomic E-state index is -0.348. The highest BCUT2D eigenvalue weighted by molar-refractivity contribution is 9.10. The molecule has 0 spiro atoms. The summed E-state index contributed by atoms with van der Waals surface area (Å²) in [6, 6.07) is 16.5. The highest BCUT2D eigenvalue weighted by atomic mass is 79.9. The number of carbonyl (C=O) groups excluding carboxylic acids is 3. The molecule has 0 aliphatic carbocycles. The topological polar surface area (TPSA) is 88.2 Å². The Labute approximate surface area is 186 Å². The van der Waals surface area contributed by atoms with E-state index in [0.29, 0.717) is 27.7 Å². The second-order valence-corrected chi connectivity index (χ2v) is 7.73. The molecule has 30 heavy (non-hydrogen) atoms. The summed E-state index contributed by atoms with van der Waals surface area (Å²) in [6.07, 6.45) is 1.68. The zero-order valence-corrected chi connectivity index (χ0v) is 18.0. The predicted octanol–water partition coefficient (Wildman–Crippen LogP) is 5.35. The smallest absolute Gasteiger partial charge is 0.256 e. The zero-order chi connectivity index (χ0) is 21.5. The van der Waals surface area contributed by atoms with Crippen molar-refractivity contribution in [3.63, 3.8) is 0 Å². The van der Waals surface area contributed by atoms with Crippen LogP contribution in [0.1, 0.15) is 33.6 Å². The molecule has 2 N–H and O–H groups in total. The molecule has 0 atom stereocenters. The number of benzene rings is 2. The SMILES string of the molecule is O=C(CCC(=O)c1ccc(Cl)cc1)Nc1cccc(C(=O)Nc2ccc(Br)cn2)c1. The molecule has 0 bridgehead atoms. The van der Waals surface area contributed by atoms with Crippen LogP contribution in [0.15, 0.2) is 71.3 Å². The third kappa shape index (κ3) is 6.23. The fraction of sp³-hybridized carbons (Fsp3) is 0.0909. The summed E-state index contributed by atoms with van der Waals surface area (Å²) in [5.41, 5.74) is 1.34. The molecular formula is C22H17BrClN3O3. The summed E-state index contributed by atoms with van der Waals surface area (Å²) in [7, 11) is 0. The van der Waals surface area contributed by atoms with Gasteiger partial charge in [-0.2, -0.15) is 0 Å². The monoisotopic (exact) mass is 485 g/mol. The molecule has 1 aromatic heterocycles. The van der Waals surface area contributed by atoms with Crippen LogP contribution < -0.4 is 10.6 Å². The number of aromatic nitrogens is 1. The Balaban J connectivity index is 1.55. The average molecular weight is 487 g/mol. The first-order chi connectivity index (χ1) is 14.4. The fourth-order valence-electron chi connectivity index (χ4n) is 2.61. The van der Waals surface area contributed by atoms with Gasteiger partial charge in [0.15, 0.2) is 5.78 Å². The molecule has 152 valence electrons. The molecule has 2 aromatic carbocycles. The lowest BCUT2D eigenvalue weighted by atomic mass is 10.1. The molecule has 3 rings (SSSR count). The standard InChI is InChI=1S/C22H17BrClN3O3/c23-16-6-10-20(25-13-16)27-22(30)15-2-1-3-18(12-15)26-21(29)11-9-19(28)14-4-7-17(24)8-5-14/h1-8,10,12-13H,9,11H2,(H,26,29)(H,25,27,30). The molecule has 0 unspecified atom stereocenters. The van der Waals surface area contributed by atoms with Gasteiger partial charge >= 0.3 is 0 Å². The lowest BCUT2D eigenvalue weighted by Crippen LogP contribution is -2.15. The number of ketones is 1. The second-order valence-electron chi connectivity index (χ2n) is 6.37. The first kappa shape index (κ1) is 21.7. The number of hydrogen-bond donors (Lipinski definition) is 2. The van der Waals surface area contributed by atoms with Crippen molar-refractivity contribution in [3.8, 4) is 0 Å². The maximum Gasteiger partial charge on any atom is 0.256 e. The van der Waals surface area contributed by atoms with E-state index < -0.39 is 0 Å². The van der Waals surface area contributed by atoms with Crippen molar-refractivity contribution in [1.29, 1.82) is 0 Å². The maximum absolute atomic E-state index is 12.4. The quantitative estimate of drug-likeness (QED) is 0.441. The number of halogens is 2. The molecule has 6 nitrogen and oxygen atoms in total. The van der Waals surface area contributed by atoms with E-state index in [4.69, 9.17) is 11.6 Å². The molecule has 1 heterocycles. The number of carbonyl (C=O) groups is 3. The Morgan fingerprint density at radius 1 is 0.900 bits per heavy atom. The molecule has 8 heteroatoms. The number of hydrogen-bond acceptors (Lipinski definition) is 4. The van der Waals surface area contributed by atoms with Crippen LogP contribution in [-0.4, -0.2) is 22.6 Å². The Kier molecular flexibility index (Phi) is 7.32. The van der Waals surface area contributed by atoms with Crippen LogP contribution in [0.2, 0.25) is 5.02 Å². The molecule has 0 saturated heterocycles. The van der Waals surface area contributed by atoms with E-state index in [9.17, 15) is 14.4 Å². The third-order valence-corrected chi connectivity index (χ3v) is 4.84. The van der Waals surface area contributed by atoms with Crippen LogP contribution in [0.25, 0.3) is 0 Å². The number of nitrogens with zero attached hydrogens (tertiary/aromatic N) is 1. The van der Waals surface area contributed by atoms with E-state index in [1.165, 1.54) is 0 Å². The summed E-state index contributed by atoms with van der Waals surface area (Å²) in [5, 5.41) is 5.95. The number of pyridine rings is 1. The summed E-state index contributed by atoms with van der Waals surface area (Å²) >= 11 is 9.10. The van der Waals surface area contributed by atoms with E-state index in [-0.39, 0.29) is 30.4 Å². The number of Topliss-reactive ketones (excluding diaryl/α,β-unsaturated/α-hetero) is 1. The maximum atomic E-state index is 12.4. The highest BCUT2D eigenvalue weighted by Crippen LogP contribution is 2.16. The Bertz CT molecular complexity index is 1070. The molecular weight excluding hydrogens is 470 g/mol. The van der Waals surface area contributed by atoms with E-state index in [2.05, 4.69) is 31.5 Å². The minimum Gasteiger partial charge on any atom is -0.326 e. The normalized spacial score (nSPS) is 10.3. The van der Waals surface area contributed by atoms with Crippen molar-refractivity contribution in [1.82, 2.24) is 4.98 Å². The Morgan fingerprint density at radius 2 is 1.67 bits per heavy atom. The second kappa shape index (κ2) is 10.1. The van der Waals surface area contributed by atoms with Crippen LogP contribution >= 0.6 is 27.5 Å². The minimum absolute atomic E-state index is 0.0285. The van der Waals surface area contributed by atoms with E-state index >= 15 is 0 Å². The van der Waals surface area contributed by atoms with E-state index in [1.807, 2.05) is 0 Å². The number of rotatable bonds is 7. The van der Waals surface area contributed by atoms with Gasteiger partial charge in [0.1, 0.15) is 5.82 Å². The average Bonchev–Trinajstić information content (AvgIpc) is 2.74. The van der Waals surface area contributed by atoms with Gasteiger partial charge in [0.25, 0.3) is 5.91 Å². The van der Waals surface area contributed by atoms with Crippen molar-refractivity contribution < 1.29 is 14.4 Å². The van der Waals surface area contributed by atoms with Crippen LogP contribution in [-0.2, 0) is 4.79 Å². The highest BCUT2D eigenvalue weighted by Gasteiger charge is 2.12. The van der Waals surface area contributed by atoms with Gasteiger partial charge in [0, 0.05) is 45.3 Å². The van der Waals surface area contributed by atoms with Crippen molar-refractivity contribution in [3.05, 3.63) is 87.5 Å². The lowest BCUT2D eigenvalue weighted by Gasteiger charge is -2.08. The first-order valence-corrected chi connectivity index (χ1v) is 10.2. The lowest BCUT2D eigenvalue weighted by molar-refractivity contribution is -0.116. The zero-order valence-electron chi connectivity index (χ0n) is 15.7. The summed E-state index contributed by atoms with van der Waals surface area (Å²) in [5.74, 6) is -0.390. The summed E-state index contributed by atoms with van der Waals surface area (Å²) in [6.45, 7) is 0. The van der Waals surface area contributed by atoms with Crippen LogP contribution in [0, 0.1) is 0 Å². The molecule has 0 aliphatic rings. The largest absolute Gasteiger partial charge is 0.326 e. The fourth-order valence-corrected chi connectivity index (χ4v) is 2.97. The van der Waals surface area contributed by atoms with E-state index in [0.717, 1.165) is 4.47 Å². The van der Waals surface area contributed by atoms with Crippen LogP contribution in [0.3, 0.4) is 0 Å². The third-order valence-electron chi connectivity index (χ3n) is 4.12. The molecule has 0 radical (unpaired) electrons. The van der Waals surface area contributed by atoms with Gasteiger partial charge in [-0.25, -0.2) is 4.98 Å². The molecule has 2 amide bonds. The van der Waals surface area contributed by atoms with Crippen LogP contribution in [0.4, 0.5) is 11.5 Å². The predicted molar refractivity (Wildman–Crippen MR) is 120 cm³/mol. The molecule has 0 aliphatic heterocycles. The van der Waals surface area contributed by atoms with Crippen molar-refractivity contribution in [2.45, 2.75) is 12.8 Å². The van der Waals surface area contributed by atoms with Gasteiger partial charge in [0.05, 0.1) is 0 Å². The van der Waals surface area contributed by atoms with Crippen LogP contribution in [0.5, 0.6) is 0 Å². The Hall–Kier alpha value is -3.03. The molecule has 0 saturated carbocycles.